The zero-order valence-corrected chi connectivity index (χ0v) is 11.7. The number of hydrogen-bond acceptors (Lipinski definition) is 2. The molecule has 1 unspecified atom stereocenters. The van der Waals surface area contributed by atoms with Gasteiger partial charge in [0.1, 0.15) is 23.2 Å². The Kier molecular flexibility index (Phi) is 3.19. The molecule has 1 aliphatic carbocycles. The molecular formula is C15H16F2N2O2. The Balaban J connectivity index is 2.08. The van der Waals surface area contributed by atoms with Gasteiger partial charge in [-0.2, -0.15) is 0 Å². The molecular weight excluding hydrogens is 278 g/mol. The van der Waals surface area contributed by atoms with Crippen LogP contribution in [0.3, 0.4) is 0 Å². The van der Waals surface area contributed by atoms with Crippen LogP contribution in [0.15, 0.2) is 18.2 Å². The summed E-state index contributed by atoms with van der Waals surface area (Å²) in [5.41, 5.74) is -1.13. The number of benzene rings is 1. The average Bonchev–Trinajstić information content (AvgIpc) is 2.90. The number of nitrogens with zero attached hydrogens (tertiary/aromatic N) is 1. The SMILES string of the molecule is CC1C(=O)NC2(CCCC2)C(=O)N1c1cc(F)ccc1F. The van der Waals surface area contributed by atoms with Crippen LogP contribution < -0.4 is 10.2 Å². The average molecular weight is 294 g/mol. The van der Waals surface area contributed by atoms with Gasteiger partial charge in [-0.15, -0.1) is 0 Å². The highest BCUT2D eigenvalue weighted by atomic mass is 19.1. The molecule has 21 heavy (non-hydrogen) atoms. The maximum Gasteiger partial charge on any atom is 0.253 e. The van der Waals surface area contributed by atoms with E-state index in [2.05, 4.69) is 5.32 Å². The molecule has 2 aliphatic rings. The summed E-state index contributed by atoms with van der Waals surface area (Å²) in [6.07, 6.45) is 2.75. The van der Waals surface area contributed by atoms with Crippen LogP contribution in [0.1, 0.15) is 32.6 Å². The number of nitrogens with one attached hydrogen (secondary N) is 1. The predicted octanol–water partition coefficient (Wildman–Crippen LogP) is 2.13. The van der Waals surface area contributed by atoms with Crippen molar-refractivity contribution in [1.82, 2.24) is 5.32 Å². The number of carbonyl (C=O) groups excluding carboxylic acids is 2. The maximum atomic E-state index is 14.0. The quantitative estimate of drug-likeness (QED) is 0.862. The number of hydrogen-bond donors (Lipinski definition) is 1. The molecule has 1 aromatic carbocycles. The third kappa shape index (κ3) is 2.09. The van der Waals surface area contributed by atoms with Crippen LogP contribution in [0.25, 0.3) is 0 Å². The first kappa shape index (κ1) is 14.0. The molecule has 1 N–H and O–H groups in total. The third-order valence-corrected chi connectivity index (χ3v) is 4.38. The smallest absolute Gasteiger partial charge is 0.253 e. The second kappa shape index (κ2) is 4.79. The van der Waals surface area contributed by atoms with Gasteiger partial charge in [0.15, 0.2) is 0 Å². The van der Waals surface area contributed by atoms with Crippen molar-refractivity contribution in [2.45, 2.75) is 44.2 Å². The van der Waals surface area contributed by atoms with Crippen molar-refractivity contribution < 1.29 is 18.4 Å². The van der Waals surface area contributed by atoms with Gasteiger partial charge in [0.05, 0.1) is 5.69 Å². The van der Waals surface area contributed by atoms with E-state index in [0.29, 0.717) is 12.8 Å². The topological polar surface area (TPSA) is 49.4 Å². The van der Waals surface area contributed by atoms with Crippen molar-refractivity contribution >= 4 is 17.5 Å². The number of halogens is 2. The van der Waals surface area contributed by atoms with E-state index < -0.39 is 23.2 Å². The van der Waals surface area contributed by atoms with Gasteiger partial charge in [-0.3, -0.25) is 14.5 Å². The lowest BCUT2D eigenvalue weighted by atomic mass is 9.90. The first-order chi connectivity index (χ1) is 9.94. The highest BCUT2D eigenvalue weighted by Crippen LogP contribution is 2.37. The van der Waals surface area contributed by atoms with Gasteiger partial charge in [0.2, 0.25) is 5.91 Å². The minimum atomic E-state index is -0.956. The van der Waals surface area contributed by atoms with Crippen LogP contribution in [0.4, 0.5) is 14.5 Å². The summed E-state index contributed by atoms with van der Waals surface area (Å²) >= 11 is 0. The molecule has 0 radical (unpaired) electrons. The number of anilines is 1. The highest BCUT2D eigenvalue weighted by Gasteiger charge is 2.51. The van der Waals surface area contributed by atoms with E-state index in [-0.39, 0.29) is 17.5 Å². The monoisotopic (exact) mass is 294 g/mol. The van der Waals surface area contributed by atoms with Crippen molar-refractivity contribution in [2.75, 3.05) is 4.90 Å². The maximum absolute atomic E-state index is 14.0. The van der Waals surface area contributed by atoms with E-state index in [1.807, 2.05) is 0 Å². The molecule has 6 heteroatoms. The van der Waals surface area contributed by atoms with Gasteiger partial charge in [-0.1, -0.05) is 12.8 Å². The molecule has 2 fully saturated rings. The summed E-state index contributed by atoms with van der Waals surface area (Å²) in [6, 6.07) is 2.06. The highest BCUT2D eigenvalue weighted by molar-refractivity contribution is 6.10. The molecule has 0 aromatic heterocycles. The molecule has 3 rings (SSSR count). The van der Waals surface area contributed by atoms with E-state index in [0.717, 1.165) is 35.9 Å². The fraction of sp³-hybridized carbons (Fsp3) is 0.467. The number of amides is 2. The predicted molar refractivity (Wildman–Crippen MR) is 72.6 cm³/mol. The van der Waals surface area contributed by atoms with E-state index in [4.69, 9.17) is 0 Å². The number of carbonyl (C=O) groups is 2. The number of piperazine rings is 1. The third-order valence-electron chi connectivity index (χ3n) is 4.38. The van der Waals surface area contributed by atoms with Crippen LogP contribution in [0.2, 0.25) is 0 Å². The summed E-state index contributed by atoms with van der Waals surface area (Å²) in [5.74, 6) is -2.03. The molecule has 1 atom stereocenters. The van der Waals surface area contributed by atoms with E-state index in [1.54, 1.807) is 0 Å². The van der Waals surface area contributed by atoms with Gasteiger partial charge in [0.25, 0.3) is 5.91 Å². The van der Waals surface area contributed by atoms with Gasteiger partial charge in [-0.05, 0) is 31.9 Å². The summed E-state index contributed by atoms with van der Waals surface area (Å²) in [7, 11) is 0. The summed E-state index contributed by atoms with van der Waals surface area (Å²) in [5, 5.41) is 2.78. The first-order valence-corrected chi connectivity index (χ1v) is 7.05. The lowest BCUT2D eigenvalue weighted by Crippen LogP contribution is -2.69. The van der Waals surface area contributed by atoms with Gasteiger partial charge in [-0.25, -0.2) is 8.78 Å². The molecule has 0 bridgehead atoms. The van der Waals surface area contributed by atoms with Crippen LogP contribution in [-0.2, 0) is 9.59 Å². The van der Waals surface area contributed by atoms with Crippen molar-refractivity contribution in [3.63, 3.8) is 0 Å². The van der Waals surface area contributed by atoms with E-state index in [1.165, 1.54) is 6.92 Å². The Hall–Kier alpha value is -1.98. The standard InChI is InChI=1S/C15H16F2N2O2/c1-9-13(20)18-15(6-2-3-7-15)14(21)19(9)12-8-10(16)4-5-11(12)17/h4-5,8-9H,2-3,6-7H2,1H3,(H,18,20). The molecule has 112 valence electrons. The van der Waals surface area contributed by atoms with Crippen molar-refractivity contribution in [3.05, 3.63) is 29.8 Å². The van der Waals surface area contributed by atoms with Crippen LogP contribution in [0.5, 0.6) is 0 Å². The van der Waals surface area contributed by atoms with E-state index in [9.17, 15) is 18.4 Å². The fourth-order valence-electron chi connectivity index (χ4n) is 3.22. The molecule has 1 spiro atoms. The Morgan fingerprint density at radius 2 is 1.90 bits per heavy atom. The zero-order chi connectivity index (χ0) is 15.2. The fourth-order valence-corrected chi connectivity index (χ4v) is 3.22. The Morgan fingerprint density at radius 1 is 1.24 bits per heavy atom. The van der Waals surface area contributed by atoms with Gasteiger partial charge >= 0.3 is 0 Å². The van der Waals surface area contributed by atoms with Gasteiger partial charge in [0, 0.05) is 6.07 Å². The molecule has 4 nitrogen and oxygen atoms in total. The zero-order valence-electron chi connectivity index (χ0n) is 11.7. The molecule has 1 aliphatic heterocycles. The van der Waals surface area contributed by atoms with Crippen molar-refractivity contribution in [2.24, 2.45) is 0 Å². The molecule has 1 saturated heterocycles. The van der Waals surface area contributed by atoms with Crippen molar-refractivity contribution in [1.29, 1.82) is 0 Å². The molecule has 2 amide bonds. The molecule has 1 saturated carbocycles. The van der Waals surface area contributed by atoms with Crippen LogP contribution in [-0.4, -0.2) is 23.4 Å². The molecule has 1 heterocycles. The van der Waals surface area contributed by atoms with E-state index >= 15 is 0 Å². The first-order valence-electron chi connectivity index (χ1n) is 7.05. The van der Waals surface area contributed by atoms with Gasteiger partial charge < -0.3 is 5.32 Å². The summed E-state index contributed by atoms with van der Waals surface area (Å²) < 4.78 is 27.4. The van der Waals surface area contributed by atoms with Crippen molar-refractivity contribution in [3.8, 4) is 0 Å². The summed E-state index contributed by atoms with van der Waals surface area (Å²) in [6.45, 7) is 1.51. The largest absolute Gasteiger partial charge is 0.340 e. The number of rotatable bonds is 1. The van der Waals surface area contributed by atoms with Crippen LogP contribution in [0, 0.1) is 11.6 Å². The molecule has 1 aromatic rings. The Bertz CT molecular complexity index is 612. The lowest BCUT2D eigenvalue weighted by Gasteiger charge is -2.43. The Labute approximate surface area is 121 Å². The normalized spacial score (nSPS) is 24.5. The lowest BCUT2D eigenvalue weighted by molar-refractivity contribution is -0.137. The van der Waals surface area contributed by atoms with Crippen LogP contribution >= 0.6 is 0 Å². The Morgan fingerprint density at radius 3 is 2.57 bits per heavy atom. The minimum absolute atomic E-state index is 0.173. The second-order valence-corrected chi connectivity index (χ2v) is 5.73. The second-order valence-electron chi connectivity index (χ2n) is 5.73. The summed E-state index contributed by atoms with van der Waals surface area (Å²) in [4.78, 5) is 26.1. The minimum Gasteiger partial charge on any atom is -0.340 e.